The molecule has 1 N–H and O–H groups in total. The summed E-state index contributed by atoms with van der Waals surface area (Å²) in [7, 11) is 0. The molecule has 2 nitrogen and oxygen atoms in total. The number of nitrogens with zero attached hydrogens (tertiary/aromatic N) is 1. The van der Waals surface area contributed by atoms with Gasteiger partial charge >= 0.3 is 0 Å². The van der Waals surface area contributed by atoms with Gasteiger partial charge < -0.3 is 5.32 Å². The Hall–Kier alpha value is -1.48. The smallest absolute Gasteiger partial charge is 0.134 e. The molecule has 0 bridgehead atoms. The van der Waals surface area contributed by atoms with Crippen LogP contribution in [0.1, 0.15) is 38.2 Å². The Morgan fingerprint density at radius 2 is 2.25 bits per heavy atom. The summed E-state index contributed by atoms with van der Waals surface area (Å²) in [5, 5.41) is 4.43. The average Bonchev–Trinajstić information content (AvgIpc) is 2.47. The van der Waals surface area contributed by atoms with Crippen LogP contribution in [0.4, 0.5) is 4.39 Å². The zero-order valence-electron chi connectivity index (χ0n) is 11.9. The average molecular weight is 272 g/mol. The summed E-state index contributed by atoms with van der Waals surface area (Å²) >= 11 is 0. The molecule has 2 unspecified atom stereocenters. The van der Waals surface area contributed by atoms with Crippen LogP contribution in [0.2, 0.25) is 0 Å². The third kappa shape index (κ3) is 2.83. The molecule has 3 heteroatoms. The first kappa shape index (κ1) is 13.5. The molecule has 1 fully saturated rings. The lowest BCUT2D eigenvalue weighted by atomic mass is 9.87. The first-order valence-electron chi connectivity index (χ1n) is 7.43. The molecule has 2 heterocycles. The van der Waals surface area contributed by atoms with Gasteiger partial charge in [-0.1, -0.05) is 18.6 Å². The first-order chi connectivity index (χ1) is 9.65. The van der Waals surface area contributed by atoms with Crippen molar-refractivity contribution in [2.75, 3.05) is 6.54 Å². The fourth-order valence-corrected chi connectivity index (χ4v) is 3.08. The van der Waals surface area contributed by atoms with E-state index in [1.807, 2.05) is 30.3 Å². The molecule has 3 rings (SSSR count). The summed E-state index contributed by atoms with van der Waals surface area (Å²) < 4.78 is 15.1. The van der Waals surface area contributed by atoms with E-state index in [9.17, 15) is 0 Å². The van der Waals surface area contributed by atoms with Crippen LogP contribution >= 0.6 is 0 Å². The molecule has 106 valence electrons. The quantitative estimate of drug-likeness (QED) is 0.915. The van der Waals surface area contributed by atoms with Crippen molar-refractivity contribution in [3.63, 3.8) is 0 Å². The van der Waals surface area contributed by atoms with E-state index in [4.69, 9.17) is 0 Å². The monoisotopic (exact) mass is 272 g/mol. The van der Waals surface area contributed by atoms with E-state index in [2.05, 4.69) is 10.3 Å². The SMILES string of the molecule is CC(F)(CC1CCCCN1)c1ccc2ncccc2c1. The fraction of sp³-hybridized carbons (Fsp3) is 0.471. The largest absolute Gasteiger partial charge is 0.314 e. The summed E-state index contributed by atoms with van der Waals surface area (Å²) in [4.78, 5) is 4.29. The third-order valence-corrected chi connectivity index (χ3v) is 4.25. The first-order valence-corrected chi connectivity index (χ1v) is 7.43. The van der Waals surface area contributed by atoms with Gasteiger partial charge in [0.25, 0.3) is 0 Å². The van der Waals surface area contributed by atoms with E-state index in [-0.39, 0.29) is 0 Å². The van der Waals surface area contributed by atoms with Gasteiger partial charge in [-0.15, -0.1) is 0 Å². The minimum absolute atomic E-state index is 0.295. The number of benzene rings is 1. The lowest BCUT2D eigenvalue weighted by Gasteiger charge is -2.30. The summed E-state index contributed by atoms with van der Waals surface area (Å²) in [6, 6.07) is 9.90. The Balaban J connectivity index is 1.83. The summed E-state index contributed by atoms with van der Waals surface area (Å²) in [6.45, 7) is 2.71. The van der Waals surface area contributed by atoms with E-state index < -0.39 is 5.67 Å². The van der Waals surface area contributed by atoms with Crippen molar-refractivity contribution >= 4 is 10.9 Å². The Morgan fingerprint density at radius 1 is 1.35 bits per heavy atom. The predicted octanol–water partition coefficient (Wildman–Crippen LogP) is 3.95. The van der Waals surface area contributed by atoms with Gasteiger partial charge in [0, 0.05) is 24.0 Å². The van der Waals surface area contributed by atoms with Crippen molar-refractivity contribution in [3.8, 4) is 0 Å². The molecule has 1 saturated heterocycles. The van der Waals surface area contributed by atoms with Gasteiger partial charge in [-0.25, -0.2) is 4.39 Å². The van der Waals surface area contributed by atoms with Crippen LogP contribution in [-0.4, -0.2) is 17.6 Å². The van der Waals surface area contributed by atoms with Crippen LogP contribution in [-0.2, 0) is 5.67 Å². The Morgan fingerprint density at radius 3 is 3.05 bits per heavy atom. The number of piperidine rings is 1. The molecule has 1 aromatic carbocycles. The van der Waals surface area contributed by atoms with Crippen LogP contribution in [0.5, 0.6) is 0 Å². The number of hydrogen-bond donors (Lipinski definition) is 1. The molecule has 0 radical (unpaired) electrons. The van der Waals surface area contributed by atoms with Gasteiger partial charge in [-0.2, -0.15) is 0 Å². The molecule has 0 spiro atoms. The Labute approximate surface area is 119 Å². The second-order valence-electron chi connectivity index (χ2n) is 5.96. The van der Waals surface area contributed by atoms with Crippen LogP contribution in [0.15, 0.2) is 36.5 Å². The van der Waals surface area contributed by atoms with Gasteiger partial charge in [0.2, 0.25) is 0 Å². The van der Waals surface area contributed by atoms with E-state index in [1.165, 1.54) is 12.8 Å². The predicted molar refractivity (Wildman–Crippen MR) is 80.5 cm³/mol. The van der Waals surface area contributed by atoms with E-state index in [0.717, 1.165) is 29.4 Å². The highest BCUT2D eigenvalue weighted by Crippen LogP contribution is 2.33. The second kappa shape index (κ2) is 5.49. The number of nitrogens with one attached hydrogen (secondary N) is 1. The van der Waals surface area contributed by atoms with Crippen LogP contribution < -0.4 is 5.32 Å². The minimum atomic E-state index is -1.29. The van der Waals surface area contributed by atoms with Crippen LogP contribution in [0, 0.1) is 0 Å². The normalized spacial score (nSPS) is 22.6. The molecule has 0 aliphatic carbocycles. The molecule has 2 aromatic rings. The Kier molecular flexibility index (Phi) is 3.70. The molecule has 1 aliphatic heterocycles. The van der Waals surface area contributed by atoms with Crippen molar-refractivity contribution in [2.45, 2.75) is 44.3 Å². The molecule has 20 heavy (non-hydrogen) atoms. The van der Waals surface area contributed by atoms with Crippen LogP contribution in [0.25, 0.3) is 10.9 Å². The highest BCUT2D eigenvalue weighted by atomic mass is 19.1. The topological polar surface area (TPSA) is 24.9 Å². The number of halogens is 1. The van der Waals surface area contributed by atoms with Gasteiger partial charge in [0.15, 0.2) is 0 Å². The van der Waals surface area contributed by atoms with Gasteiger partial charge in [0.05, 0.1) is 5.52 Å². The summed E-state index contributed by atoms with van der Waals surface area (Å²) in [5.74, 6) is 0. The van der Waals surface area contributed by atoms with E-state index >= 15 is 4.39 Å². The maximum absolute atomic E-state index is 15.1. The van der Waals surface area contributed by atoms with Crippen molar-refractivity contribution in [2.24, 2.45) is 0 Å². The van der Waals surface area contributed by atoms with Crippen molar-refractivity contribution in [1.82, 2.24) is 10.3 Å². The molecule has 1 aromatic heterocycles. The number of alkyl halides is 1. The molecular weight excluding hydrogens is 251 g/mol. The minimum Gasteiger partial charge on any atom is -0.314 e. The second-order valence-corrected chi connectivity index (χ2v) is 5.96. The zero-order valence-corrected chi connectivity index (χ0v) is 11.9. The molecule has 0 amide bonds. The molecule has 2 atom stereocenters. The zero-order chi connectivity index (χ0) is 14.0. The standard InChI is InChI=1S/C17H21FN2/c1-17(18,12-15-6-2-3-9-19-15)14-7-8-16-13(11-14)5-4-10-20-16/h4-5,7-8,10-11,15,19H,2-3,6,9,12H2,1H3. The highest BCUT2D eigenvalue weighted by Gasteiger charge is 2.30. The van der Waals surface area contributed by atoms with E-state index in [1.54, 1.807) is 13.1 Å². The van der Waals surface area contributed by atoms with Crippen molar-refractivity contribution < 1.29 is 4.39 Å². The Bertz CT molecular complexity index is 588. The highest BCUT2D eigenvalue weighted by molar-refractivity contribution is 5.79. The summed E-state index contributed by atoms with van der Waals surface area (Å²) in [6.07, 6.45) is 5.80. The molecule has 1 aliphatic rings. The number of pyridine rings is 1. The molecular formula is C17H21FN2. The number of fused-ring (bicyclic) bond motifs is 1. The molecule has 0 saturated carbocycles. The van der Waals surface area contributed by atoms with Crippen molar-refractivity contribution in [3.05, 3.63) is 42.1 Å². The van der Waals surface area contributed by atoms with E-state index in [0.29, 0.717) is 12.5 Å². The maximum atomic E-state index is 15.1. The van der Waals surface area contributed by atoms with Gasteiger partial charge in [0.1, 0.15) is 5.67 Å². The number of hydrogen-bond acceptors (Lipinski definition) is 2. The number of rotatable bonds is 3. The number of aromatic nitrogens is 1. The van der Waals surface area contributed by atoms with Gasteiger partial charge in [-0.3, -0.25) is 4.98 Å². The lowest BCUT2D eigenvalue weighted by Crippen LogP contribution is -2.38. The summed E-state index contributed by atoms with van der Waals surface area (Å²) in [5.41, 5.74) is 0.382. The van der Waals surface area contributed by atoms with Crippen molar-refractivity contribution in [1.29, 1.82) is 0 Å². The lowest BCUT2D eigenvalue weighted by molar-refractivity contribution is 0.146. The maximum Gasteiger partial charge on any atom is 0.134 e. The van der Waals surface area contributed by atoms with Crippen LogP contribution in [0.3, 0.4) is 0 Å². The third-order valence-electron chi connectivity index (χ3n) is 4.25. The van der Waals surface area contributed by atoms with Gasteiger partial charge in [-0.05, 0) is 50.1 Å². The fourth-order valence-electron chi connectivity index (χ4n) is 3.08.